The minimum Gasteiger partial charge on any atom is -0.244 e. The van der Waals surface area contributed by atoms with E-state index in [1.54, 1.807) is 0 Å². The molecular formula is C13H22N4. The van der Waals surface area contributed by atoms with Gasteiger partial charge in [-0.3, -0.25) is 0 Å². The summed E-state index contributed by atoms with van der Waals surface area (Å²) in [5.41, 5.74) is 2.37. The van der Waals surface area contributed by atoms with E-state index >= 15 is 0 Å². The zero-order chi connectivity index (χ0) is 12.8. The van der Waals surface area contributed by atoms with Gasteiger partial charge in [0.25, 0.3) is 0 Å². The molecule has 2 aliphatic heterocycles. The van der Waals surface area contributed by atoms with Gasteiger partial charge in [0.2, 0.25) is 5.96 Å². The van der Waals surface area contributed by atoms with Crippen LogP contribution in [0.4, 0.5) is 0 Å². The Labute approximate surface area is 104 Å². The number of nitrogens with zero attached hydrogens (tertiary/aromatic N) is 4. The minimum absolute atomic E-state index is 0.156. The van der Waals surface area contributed by atoms with E-state index in [0.717, 1.165) is 18.1 Å². The molecule has 0 N–H and O–H groups in total. The Morgan fingerprint density at radius 1 is 1.35 bits per heavy atom. The zero-order valence-corrected chi connectivity index (χ0v) is 11.7. The lowest BCUT2D eigenvalue weighted by Gasteiger charge is -2.37. The second kappa shape index (κ2) is 3.95. The second-order valence-corrected chi connectivity index (χ2v) is 5.57. The third-order valence-electron chi connectivity index (χ3n) is 3.74. The minimum atomic E-state index is 0.156. The average molecular weight is 234 g/mol. The van der Waals surface area contributed by atoms with Crippen LogP contribution < -0.4 is 0 Å². The topological polar surface area (TPSA) is 31.2 Å². The number of hydrogen-bond acceptors (Lipinski definition) is 4. The first-order valence-electron chi connectivity index (χ1n) is 6.21. The summed E-state index contributed by atoms with van der Waals surface area (Å²) in [7, 11) is 2.09. The first-order chi connectivity index (χ1) is 7.86. The maximum Gasteiger partial charge on any atom is 0.242 e. The molecule has 1 atom stereocenters. The quantitative estimate of drug-likeness (QED) is 0.735. The van der Waals surface area contributed by atoms with Crippen molar-refractivity contribution in [2.24, 2.45) is 15.4 Å². The molecule has 0 fully saturated rings. The Kier molecular flexibility index (Phi) is 2.86. The fourth-order valence-electron chi connectivity index (χ4n) is 2.40. The maximum absolute atomic E-state index is 4.77. The van der Waals surface area contributed by atoms with Gasteiger partial charge in [0.05, 0.1) is 0 Å². The van der Waals surface area contributed by atoms with E-state index in [2.05, 4.69) is 55.8 Å². The first kappa shape index (κ1) is 12.3. The molecule has 0 amide bonds. The van der Waals surface area contributed by atoms with Crippen molar-refractivity contribution >= 4 is 11.7 Å². The summed E-state index contributed by atoms with van der Waals surface area (Å²) in [5, 5.41) is 4.30. The smallest absolute Gasteiger partial charge is 0.242 e. The average Bonchev–Trinajstić information content (AvgIpc) is 2.56. The van der Waals surface area contributed by atoms with Gasteiger partial charge in [-0.2, -0.15) is 5.01 Å². The van der Waals surface area contributed by atoms with Crippen molar-refractivity contribution < 1.29 is 0 Å². The van der Waals surface area contributed by atoms with Gasteiger partial charge in [0, 0.05) is 23.9 Å². The summed E-state index contributed by atoms with van der Waals surface area (Å²) in [6.45, 7) is 10.8. The molecule has 94 valence electrons. The van der Waals surface area contributed by atoms with Crippen LogP contribution in [0.25, 0.3) is 0 Å². The Morgan fingerprint density at radius 3 is 2.59 bits per heavy atom. The van der Waals surface area contributed by atoms with Crippen molar-refractivity contribution in [3.05, 3.63) is 11.8 Å². The third kappa shape index (κ3) is 1.90. The lowest BCUT2D eigenvalue weighted by atomic mass is 9.86. The number of allylic oxidation sites excluding steroid dienone is 2. The normalized spacial score (nSPS) is 25.4. The number of aliphatic imine (C=N–C) groups is 2. The summed E-state index contributed by atoms with van der Waals surface area (Å²) in [5.74, 6) is 0.830. The van der Waals surface area contributed by atoms with Gasteiger partial charge in [0.15, 0.2) is 0 Å². The van der Waals surface area contributed by atoms with Gasteiger partial charge >= 0.3 is 0 Å². The maximum atomic E-state index is 4.77. The zero-order valence-electron chi connectivity index (χ0n) is 11.7. The van der Waals surface area contributed by atoms with Crippen LogP contribution in [-0.4, -0.2) is 34.9 Å². The highest BCUT2D eigenvalue weighted by Crippen LogP contribution is 2.35. The number of hydrogen-bond donors (Lipinski definition) is 0. The lowest BCUT2D eigenvalue weighted by Crippen LogP contribution is -2.46. The highest BCUT2D eigenvalue weighted by molar-refractivity contribution is 6.05. The molecule has 2 aliphatic rings. The predicted octanol–water partition coefficient (Wildman–Crippen LogP) is 2.65. The van der Waals surface area contributed by atoms with E-state index in [1.807, 2.05) is 6.92 Å². The molecule has 0 spiro atoms. The van der Waals surface area contributed by atoms with Crippen molar-refractivity contribution in [3.8, 4) is 0 Å². The van der Waals surface area contributed by atoms with Gasteiger partial charge < -0.3 is 0 Å². The largest absolute Gasteiger partial charge is 0.244 e. The van der Waals surface area contributed by atoms with Crippen molar-refractivity contribution in [2.45, 2.75) is 47.2 Å². The molecule has 0 aromatic carbocycles. The molecule has 0 aliphatic carbocycles. The molecule has 0 saturated heterocycles. The fraction of sp³-hybridized carbons (Fsp3) is 0.692. The van der Waals surface area contributed by atoms with E-state index < -0.39 is 0 Å². The van der Waals surface area contributed by atoms with Crippen LogP contribution in [0.5, 0.6) is 0 Å². The highest BCUT2D eigenvalue weighted by Gasteiger charge is 2.41. The van der Waals surface area contributed by atoms with Gasteiger partial charge in [-0.15, -0.1) is 0 Å². The molecule has 0 radical (unpaired) electrons. The Morgan fingerprint density at radius 2 is 2.00 bits per heavy atom. The summed E-state index contributed by atoms with van der Waals surface area (Å²) in [6.07, 6.45) is 3.36. The molecule has 0 aromatic rings. The number of fused-ring (bicyclic) bond motifs is 1. The molecule has 0 aromatic heterocycles. The van der Waals surface area contributed by atoms with Crippen molar-refractivity contribution in [3.63, 3.8) is 0 Å². The van der Waals surface area contributed by atoms with E-state index in [4.69, 9.17) is 4.99 Å². The van der Waals surface area contributed by atoms with Crippen molar-refractivity contribution in [2.75, 3.05) is 7.05 Å². The van der Waals surface area contributed by atoms with Crippen molar-refractivity contribution in [1.82, 2.24) is 10.0 Å². The van der Waals surface area contributed by atoms with Crippen LogP contribution in [0.1, 0.15) is 41.0 Å². The van der Waals surface area contributed by atoms with E-state index in [1.165, 1.54) is 5.70 Å². The fourth-order valence-corrected chi connectivity index (χ4v) is 2.40. The molecule has 1 unspecified atom stereocenters. The van der Waals surface area contributed by atoms with Crippen LogP contribution >= 0.6 is 0 Å². The summed E-state index contributed by atoms with van der Waals surface area (Å²) in [6, 6.07) is 0. The first-order valence-corrected chi connectivity index (χ1v) is 6.21. The van der Waals surface area contributed by atoms with Crippen LogP contribution in [0, 0.1) is 5.41 Å². The van der Waals surface area contributed by atoms with E-state index in [-0.39, 0.29) is 11.6 Å². The van der Waals surface area contributed by atoms with Crippen LogP contribution in [0.2, 0.25) is 0 Å². The Balaban J connectivity index is 2.37. The molecule has 0 bridgehead atoms. The highest BCUT2D eigenvalue weighted by atomic mass is 15.7. The Hall–Kier alpha value is -1.16. The SMILES string of the molecule is CCC(C)(C)C1N=C2N=C(C)C=C(C)N2N1C. The standard InChI is InChI=1S/C13H22N4/c1-7-13(4,5)11-15-12-14-9(2)8-10(3)17(12)16(11)6/h8,11H,7H2,1-6H3. The predicted molar refractivity (Wildman–Crippen MR) is 71.8 cm³/mol. The molecule has 17 heavy (non-hydrogen) atoms. The van der Waals surface area contributed by atoms with Gasteiger partial charge in [-0.05, 0) is 26.3 Å². The molecule has 4 heteroatoms. The molecule has 2 rings (SSSR count). The van der Waals surface area contributed by atoms with Crippen molar-refractivity contribution in [1.29, 1.82) is 0 Å². The van der Waals surface area contributed by atoms with Gasteiger partial charge in [-0.25, -0.2) is 15.0 Å². The number of hydrazine groups is 1. The Bertz CT molecular complexity index is 417. The molecule has 4 nitrogen and oxygen atoms in total. The monoisotopic (exact) mass is 234 g/mol. The molecule has 0 saturated carbocycles. The summed E-state index contributed by atoms with van der Waals surface area (Å²) < 4.78 is 0. The van der Waals surface area contributed by atoms with Crippen LogP contribution in [0.15, 0.2) is 21.8 Å². The van der Waals surface area contributed by atoms with E-state index in [0.29, 0.717) is 0 Å². The third-order valence-corrected chi connectivity index (χ3v) is 3.74. The summed E-state index contributed by atoms with van der Waals surface area (Å²) >= 11 is 0. The van der Waals surface area contributed by atoms with Gasteiger partial charge in [-0.1, -0.05) is 20.8 Å². The van der Waals surface area contributed by atoms with Crippen LogP contribution in [0.3, 0.4) is 0 Å². The van der Waals surface area contributed by atoms with Crippen LogP contribution in [-0.2, 0) is 0 Å². The number of guanidine groups is 1. The second-order valence-electron chi connectivity index (χ2n) is 5.57. The van der Waals surface area contributed by atoms with Gasteiger partial charge in [0.1, 0.15) is 6.17 Å². The molecule has 2 heterocycles. The molecular weight excluding hydrogens is 212 g/mol. The van der Waals surface area contributed by atoms with E-state index in [9.17, 15) is 0 Å². The number of rotatable bonds is 2. The summed E-state index contributed by atoms with van der Waals surface area (Å²) in [4.78, 5) is 9.29. The lowest BCUT2D eigenvalue weighted by molar-refractivity contribution is 0.0230.